The van der Waals surface area contributed by atoms with Crippen molar-refractivity contribution in [2.24, 2.45) is 0 Å². The van der Waals surface area contributed by atoms with Gasteiger partial charge < -0.3 is 5.73 Å². The lowest BCUT2D eigenvalue weighted by Crippen LogP contribution is -2.29. The number of rotatable bonds is 1. The van der Waals surface area contributed by atoms with Gasteiger partial charge in [0.25, 0.3) is 11.8 Å². The van der Waals surface area contributed by atoms with Crippen molar-refractivity contribution in [3.05, 3.63) is 59.2 Å². The first kappa shape index (κ1) is 12.3. The summed E-state index contributed by atoms with van der Waals surface area (Å²) in [6, 6.07) is 7.51. The first-order chi connectivity index (χ1) is 9.49. The number of amides is 2. The van der Waals surface area contributed by atoms with Crippen molar-refractivity contribution in [3.63, 3.8) is 0 Å². The Morgan fingerprint density at radius 2 is 1.30 bits per heavy atom. The Bertz CT molecular complexity index is 701. The van der Waals surface area contributed by atoms with Gasteiger partial charge in [-0.1, -0.05) is 0 Å². The van der Waals surface area contributed by atoms with E-state index in [4.69, 9.17) is 5.73 Å². The maximum atomic E-state index is 13.2. The lowest BCUT2D eigenvalue weighted by atomic mass is 10.1. The molecule has 0 bridgehead atoms. The highest BCUT2D eigenvalue weighted by Crippen LogP contribution is 2.30. The number of fused-ring (bicyclic) bond motifs is 1. The summed E-state index contributed by atoms with van der Waals surface area (Å²) in [5, 5.41) is 0. The molecule has 1 aliphatic heterocycles. The highest BCUT2D eigenvalue weighted by molar-refractivity contribution is 6.34. The summed E-state index contributed by atoms with van der Waals surface area (Å²) in [5.41, 5.74) is 6.01. The minimum absolute atomic E-state index is 0.147. The SMILES string of the molecule is Nc1ccc(N2C(=O)c3cc(F)c(F)cc3C2=O)cc1. The summed E-state index contributed by atoms with van der Waals surface area (Å²) in [5.74, 6) is -3.70. The fraction of sp³-hybridized carbons (Fsp3) is 0. The normalized spacial score (nSPS) is 13.8. The number of benzene rings is 2. The van der Waals surface area contributed by atoms with Crippen molar-refractivity contribution in [2.45, 2.75) is 0 Å². The quantitative estimate of drug-likeness (QED) is 0.641. The number of carbonyl (C=O) groups is 2. The van der Waals surface area contributed by atoms with E-state index in [2.05, 4.69) is 0 Å². The van der Waals surface area contributed by atoms with E-state index in [-0.39, 0.29) is 11.1 Å². The number of nitrogen functional groups attached to an aromatic ring is 1. The molecule has 0 saturated heterocycles. The second-order valence-corrected chi connectivity index (χ2v) is 4.35. The predicted molar refractivity (Wildman–Crippen MR) is 68.4 cm³/mol. The molecule has 0 atom stereocenters. The summed E-state index contributed by atoms with van der Waals surface area (Å²) >= 11 is 0. The fourth-order valence-electron chi connectivity index (χ4n) is 2.09. The van der Waals surface area contributed by atoms with Gasteiger partial charge in [-0.3, -0.25) is 9.59 Å². The molecule has 0 fully saturated rings. The Labute approximate surface area is 112 Å². The Morgan fingerprint density at radius 3 is 1.75 bits per heavy atom. The molecule has 100 valence electrons. The average Bonchev–Trinajstić information content (AvgIpc) is 2.65. The van der Waals surface area contributed by atoms with Gasteiger partial charge in [-0.2, -0.15) is 0 Å². The van der Waals surface area contributed by atoms with Gasteiger partial charge >= 0.3 is 0 Å². The molecule has 0 saturated carbocycles. The minimum atomic E-state index is -1.16. The highest BCUT2D eigenvalue weighted by atomic mass is 19.2. The van der Waals surface area contributed by atoms with Crippen LogP contribution in [0.5, 0.6) is 0 Å². The lowest BCUT2D eigenvalue weighted by Gasteiger charge is -2.13. The number of hydrogen-bond acceptors (Lipinski definition) is 3. The van der Waals surface area contributed by atoms with Crippen LogP contribution < -0.4 is 10.6 Å². The molecule has 6 heteroatoms. The second-order valence-electron chi connectivity index (χ2n) is 4.35. The Balaban J connectivity index is 2.12. The zero-order valence-electron chi connectivity index (χ0n) is 10.1. The van der Waals surface area contributed by atoms with Crippen molar-refractivity contribution in [1.29, 1.82) is 0 Å². The summed E-state index contributed by atoms with van der Waals surface area (Å²) in [4.78, 5) is 25.1. The molecular weight excluding hydrogens is 266 g/mol. The lowest BCUT2D eigenvalue weighted by molar-refractivity contribution is 0.0926. The third kappa shape index (κ3) is 1.65. The van der Waals surface area contributed by atoms with Crippen LogP contribution in [-0.4, -0.2) is 11.8 Å². The van der Waals surface area contributed by atoms with E-state index in [1.165, 1.54) is 24.3 Å². The van der Waals surface area contributed by atoms with Gasteiger partial charge in [0.2, 0.25) is 0 Å². The predicted octanol–water partition coefficient (Wildman–Crippen LogP) is 2.35. The van der Waals surface area contributed by atoms with E-state index in [1.54, 1.807) is 0 Å². The summed E-state index contributed by atoms with van der Waals surface area (Å²) in [7, 11) is 0. The van der Waals surface area contributed by atoms with Gasteiger partial charge in [-0.15, -0.1) is 0 Å². The number of hydrogen-bond donors (Lipinski definition) is 1. The minimum Gasteiger partial charge on any atom is -0.399 e. The number of anilines is 2. The maximum absolute atomic E-state index is 13.2. The van der Waals surface area contributed by atoms with Gasteiger partial charge in [0, 0.05) is 5.69 Å². The van der Waals surface area contributed by atoms with Crippen LogP contribution in [0.15, 0.2) is 36.4 Å². The number of nitrogens with zero attached hydrogens (tertiary/aromatic N) is 1. The molecule has 20 heavy (non-hydrogen) atoms. The third-order valence-corrected chi connectivity index (χ3v) is 3.08. The number of imide groups is 1. The number of carbonyl (C=O) groups excluding carboxylic acids is 2. The van der Waals surface area contributed by atoms with Crippen LogP contribution in [0.4, 0.5) is 20.2 Å². The zero-order valence-corrected chi connectivity index (χ0v) is 10.1. The van der Waals surface area contributed by atoms with Crippen LogP contribution in [0.3, 0.4) is 0 Å². The molecule has 0 unspecified atom stereocenters. The molecule has 0 aromatic heterocycles. The van der Waals surface area contributed by atoms with Gasteiger partial charge in [0.15, 0.2) is 11.6 Å². The van der Waals surface area contributed by atoms with Gasteiger partial charge in [-0.05, 0) is 36.4 Å². The molecular formula is C14H8F2N2O2. The molecule has 0 aliphatic carbocycles. The molecule has 1 heterocycles. The van der Waals surface area contributed by atoms with Crippen molar-refractivity contribution >= 4 is 23.2 Å². The van der Waals surface area contributed by atoms with Gasteiger partial charge in [0.1, 0.15) is 0 Å². The molecule has 0 radical (unpaired) electrons. The molecule has 4 nitrogen and oxygen atoms in total. The topological polar surface area (TPSA) is 63.4 Å². The molecule has 1 aliphatic rings. The second kappa shape index (κ2) is 4.12. The van der Waals surface area contributed by atoms with Crippen LogP contribution in [0.1, 0.15) is 20.7 Å². The Kier molecular flexibility index (Phi) is 2.53. The smallest absolute Gasteiger partial charge is 0.266 e. The van der Waals surface area contributed by atoms with E-state index in [1.807, 2.05) is 0 Å². The van der Waals surface area contributed by atoms with Gasteiger partial charge in [-0.25, -0.2) is 13.7 Å². The van der Waals surface area contributed by atoms with Crippen LogP contribution in [0.2, 0.25) is 0 Å². The van der Waals surface area contributed by atoms with Gasteiger partial charge in [0.05, 0.1) is 16.8 Å². The Morgan fingerprint density at radius 1 is 0.850 bits per heavy atom. The number of nitrogens with two attached hydrogens (primary N) is 1. The van der Waals surface area contributed by atoms with Crippen molar-refractivity contribution in [3.8, 4) is 0 Å². The average molecular weight is 274 g/mol. The molecule has 2 amide bonds. The third-order valence-electron chi connectivity index (χ3n) is 3.08. The van der Waals surface area contributed by atoms with E-state index < -0.39 is 23.4 Å². The fourth-order valence-corrected chi connectivity index (χ4v) is 2.09. The highest BCUT2D eigenvalue weighted by Gasteiger charge is 2.37. The first-order valence-electron chi connectivity index (χ1n) is 5.72. The molecule has 2 N–H and O–H groups in total. The van der Waals surface area contributed by atoms with Crippen molar-refractivity contribution in [2.75, 3.05) is 10.6 Å². The Hall–Kier alpha value is -2.76. The van der Waals surface area contributed by atoms with E-state index in [0.29, 0.717) is 11.4 Å². The van der Waals surface area contributed by atoms with Crippen LogP contribution in [0.25, 0.3) is 0 Å². The standard InChI is InChI=1S/C14H8F2N2O2/c15-11-5-9-10(6-12(11)16)14(20)18(13(9)19)8-3-1-7(17)2-4-8/h1-6H,17H2. The van der Waals surface area contributed by atoms with Crippen LogP contribution in [0, 0.1) is 11.6 Å². The van der Waals surface area contributed by atoms with Crippen molar-refractivity contribution < 1.29 is 18.4 Å². The van der Waals surface area contributed by atoms with E-state index in [0.717, 1.165) is 17.0 Å². The summed E-state index contributed by atoms with van der Waals surface area (Å²) < 4.78 is 26.4. The zero-order chi connectivity index (χ0) is 14.4. The van der Waals surface area contributed by atoms with Crippen molar-refractivity contribution in [1.82, 2.24) is 0 Å². The number of halogens is 2. The molecule has 3 rings (SSSR count). The summed E-state index contributed by atoms with van der Waals surface area (Å²) in [6.45, 7) is 0. The van der Waals surface area contributed by atoms with Crippen LogP contribution >= 0.6 is 0 Å². The maximum Gasteiger partial charge on any atom is 0.266 e. The van der Waals surface area contributed by atoms with Crippen LogP contribution in [-0.2, 0) is 0 Å². The van der Waals surface area contributed by atoms with E-state index in [9.17, 15) is 18.4 Å². The summed E-state index contributed by atoms with van der Waals surface area (Å²) in [6.07, 6.45) is 0. The first-order valence-corrected chi connectivity index (χ1v) is 5.72. The van der Waals surface area contributed by atoms with E-state index >= 15 is 0 Å². The molecule has 2 aromatic rings. The molecule has 0 spiro atoms. The molecule has 2 aromatic carbocycles. The largest absolute Gasteiger partial charge is 0.399 e. The monoisotopic (exact) mass is 274 g/mol.